The van der Waals surface area contributed by atoms with Crippen LogP contribution >= 0.6 is 0 Å². The minimum Gasteiger partial charge on any atom is -0.388 e. The van der Waals surface area contributed by atoms with Crippen LogP contribution in [0, 0.1) is 5.92 Å². The van der Waals surface area contributed by atoms with Crippen LogP contribution < -0.4 is 5.56 Å². The van der Waals surface area contributed by atoms with Crippen molar-refractivity contribution in [1.29, 1.82) is 0 Å². The Balaban J connectivity index is 1.92. The normalized spacial score (nSPS) is 19.2. The average Bonchev–Trinajstić information content (AvgIpc) is 2.91. The summed E-state index contributed by atoms with van der Waals surface area (Å²) in [7, 11) is 1.74. The van der Waals surface area contributed by atoms with Crippen molar-refractivity contribution in [3.63, 3.8) is 0 Å². The topological polar surface area (TPSA) is 86.3 Å². The minimum atomic E-state index is -0.897. The van der Waals surface area contributed by atoms with Crippen molar-refractivity contribution in [3.8, 4) is 0 Å². The van der Waals surface area contributed by atoms with Crippen LogP contribution in [0.1, 0.15) is 43.7 Å². The predicted octanol–water partition coefficient (Wildman–Crippen LogP) is 1.78. The van der Waals surface area contributed by atoms with Gasteiger partial charge in [0.2, 0.25) is 5.91 Å². The van der Waals surface area contributed by atoms with Gasteiger partial charge in [-0.25, -0.2) is 0 Å². The maximum Gasteiger partial charge on any atom is 0.280 e. The molecule has 0 aliphatic carbocycles. The van der Waals surface area contributed by atoms with Gasteiger partial charge in [0.1, 0.15) is 5.82 Å². The zero-order valence-electron chi connectivity index (χ0n) is 14.1. The zero-order chi connectivity index (χ0) is 17.3. The largest absolute Gasteiger partial charge is 0.388 e. The second-order valence-electron chi connectivity index (χ2n) is 6.50. The van der Waals surface area contributed by atoms with Gasteiger partial charge in [-0.2, -0.15) is 4.98 Å². The summed E-state index contributed by atoms with van der Waals surface area (Å²) in [6, 6.07) is 5.22. The molecular weight excluding hydrogens is 306 g/mol. The standard InChI is InChI=1S/C18H23N3O3/c1-3-4-5-15-19-14-7-6-11(10-13(14)17(23)20-15)16(22)12-8-9-21(2)18(12)24/h6-7,10,12,16,22H,3-5,8-9H2,1-2H3,(H,19,20,23). The fourth-order valence-corrected chi connectivity index (χ4v) is 3.24. The molecule has 128 valence electrons. The van der Waals surface area contributed by atoms with E-state index in [-0.39, 0.29) is 11.5 Å². The van der Waals surface area contributed by atoms with Crippen LogP contribution in [0.25, 0.3) is 10.9 Å². The van der Waals surface area contributed by atoms with Gasteiger partial charge in [0.05, 0.1) is 22.9 Å². The molecule has 3 rings (SSSR count). The Morgan fingerprint density at radius 3 is 2.88 bits per heavy atom. The van der Waals surface area contributed by atoms with Crippen LogP contribution in [0.4, 0.5) is 0 Å². The predicted molar refractivity (Wildman–Crippen MR) is 91.7 cm³/mol. The summed E-state index contributed by atoms with van der Waals surface area (Å²) in [5.74, 6) is 0.197. The van der Waals surface area contributed by atoms with Crippen LogP contribution in [-0.2, 0) is 11.2 Å². The van der Waals surface area contributed by atoms with Crippen molar-refractivity contribution < 1.29 is 9.90 Å². The number of aromatic nitrogens is 2. The monoisotopic (exact) mass is 329 g/mol. The Kier molecular flexibility index (Phi) is 4.66. The second-order valence-corrected chi connectivity index (χ2v) is 6.50. The molecular formula is C18H23N3O3. The third-order valence-electron chi connectivity index (χ3n) is 4.75. The number of carbonyl (C=O) groups excluding carboxylic acids is 1. The lowest BCUT2D eigenvalue weighted by atomic mass is 9.93. The fourth-order valence-electron chi connectivity index (χ4n) is 3.24. The molecule has 6 heteroatoms. The third kappa shape index (κ3) is 3.06. The number of hydrogen-bond donors (Lipinski definition) is 2. The van der Waals surface area contributed by atoms with E-state index in [1.54, 1.807) is 30.1 Å². The van der Waals surface area contributed by atoms with Gasteiger partial charge in [0, 0.05) is 20.0 Å². The fraction of sp³-hybridized carbons (Fsp3) is 0.500. The molecule has 2 atom stereocenters. The molecule has 1 aromatic heterocycles. The van der Waals surface area contributed by atoms with E-state index in [1.807, 2.05) is 0 Å². The van der Waals surface area contributed by atoms with Crippen LogP contribution in [0.2, 0.25) is 0 Å². The molecule has 1 aromatic carbocycles. The number of amides is 1. The number of aliphatic hydroxyl groups excluding tert-OH is 1. The van der Waals surface area contributed by atoms with E-state index in [4.69, 9.17) is 0 Å². The molecule has 2 N–H and O–H groups in total. The van der Waals surface area contributed by atoms with E-state index >= 15 is 0 Å². The summed E-state index contributed by atoms with van der Waals surface area (Å²) in [5, 5.41) is 11.0. The lowest BCUT2D eigenvalue weighted by molar-refractivity contribution is -0.132. The lowest BCUT2D eigenvalue weighted by Crippen LogP contribution is -2.26. The van der Waals surface area contributed by atoms with Crippen LogP contribution in [0.5, 0.6) is 0 Å². The lowest BCUT2D eigenvalue weighted by Gasteiger charge is -2.17. The molecule has 0 radical (unpaired) electrons. The number of aryl methyl sites for hydroxylation is 1. The van der Waals surface area contributed by atoms with Gasteiger partial charge in [-0.05, 0) is 30.5 Å². The summed E-state index contributed by atoms with van der Waals surface area (Å²) in [6.07, 6.45) is 2.49. The van der Waals surface area contributed by atoms with Crippen LogP contribution in [0.3, 0.4) is 0 Å². The van der Waals surface area contributed by atoms with Gasteiger partial charge in [0.25, 0.3) is 5.56 Å². The highest BCUT2D eigenvalue weighted by atomic mass is 16.3. The van der Waals surface area contributed by atoms with Crippen molar-refractivity contribution in [2.45, 2.75) is 38.7 Å². The first kappa shape index (κ1) is 16.6. The quantitative estimate of drug-likeness (QED) is 0.875. The van der Waals surface area contributed by atoms with Crippen LogP contribution in [0.15, 0.2) is 23.0 Å². The number of nitrogens with one attached hydrogen (secondary N) is 1. The maximum absolute atomic E-state index is 12.3. The molecule has 1 fully saturated rings. The van der Waals surface area contributed by atoms with E-state index in [0.29, 0.717) is 35.3 Å². The van der Waals surface area contributed by atoms with Crippen molar-refractivity contribution in [2.24, 2.45) is 5.92 Å². The number of fused-ring (bicyclic) bond motifs is 1. The van der Waals surface area contributed by atoms with Gasteiger partial charge in [-0.15, -0.1) is 0 Å². The molecule has 2 aromatic rings. The molecule has 2 unspecified atom stereocenters. The smallest absolute Gasteiger partial charge is 0.280 e. The maximum atomic E-state index is 12.3. The number of nitrogens with zero attached hydrogens (tertiary/aromatic N) is 2. The molecule has 0 saturated carbocycles. The highest BCUT2D eigenvalue weighted by molar-refractivity contribution is 5.82. The molecule has 1 aliphatic rings. The van der Waals surface area contributed by atoms with Crippen molar-refractivity contribution in [3.05, 3.63) is 39.9 Å². The van der Waals surface area contributed by atoms with E-state index in [2.05, 4.69) is 16.9 Å². The summed E-state index contributed by atoms with van der Waals surface area (Å²) >= 11 is 0. The summed E-state index contributed by atoms with van der Waals surface area (Å²) in [6.45, 7) is 2.74. The first-order chi connectivity index (χ1) is 11.5. The van der Waals surface area contributed by atoms with Crippen LogP contribution in [-0.4, -0.2) is 39.5 Å². The molecule has 6 nitrogen and oxygen atoms in total. The van der Waals surface area contributed by atoms with Crippen molar-refractivity contribution in [1.82, 2.24) is 14.9 Å². The van der Waals surface area contributed by atoms with Gasteiger partial charge < -0.3 is 15.0 Å². The highest BCUT2D eigenvalue weighted by Gasteiger charge is 2.35. The van der Waals surface area contributed by atoms with Crippen molar-refractivity contribution >= 4 is 16.8 Å². The van der Waals surface area contributed by atoms with Gasteiger partial charge in [0.15, 0.2) is 0 Å². The number of aliphatic hydroxyl groups is 1. The summed E-state index contributed by atoms with van der Waals surface area (Å²) in [5.41, 5.74) is 1.01. The summed E-state index contributed by atoms with van der Waals surface area (Å²) < 4.78 is 0. The molecule has 1 saturated heterocycles. The SMILES string of the molecule is CCCCc1nc(=O)c2cc(C(O)C3CCN(C)C3=O)ccc2[nH]1. The first-order valence-electron chi connectivity index (χ1n) is 8.47. The van der Waals surface area contributed by atoms with Gasteiger partial charge in [-0.3, -0.25) is 9.59 Å². The molecule has 1 amide bonds. The zero-order valence-corrected chi connectivity index (χ0v) is 14.1. The highest BCUT2D eigenvalue weighted by Crippen LogP contribution is 2.31. The van der Waals surface area contributed by atoms with E-state index < -0.39 is 12.0 Å². The van der Waals surface area contributed by atoms with Gasteiger partial charge >= 0.3 is 0 Å². The number of aromatic amines is 1. The molecule has 24 heavy (non-hydrogen) atoms. The van der Waals surface area contributed by atoms with Gasteiger partial charge in [-0.1, -0.05) is 19.4 Å². The van der Waals surface area contributed by atoms with E-state index in [9.17, 15) is 14.7 Å². The number of unbranched alkanes of at least 4 members (excludes halogenated alkanes) is 1. The number of carbonyl (C=O) groups is 1. The Labute approximate surface area is 140 Å². The Morgan fingerprint density at radius 1 is 1.42 bits per heavy atom. The second kappa shape index (κ2) is 6.73. The third-order valence-corrected chi connectivity index (χ3v) is 4.75. The Hall–Kier alpha value is -2.21. The number of hydrogen-bond acceptors (Lipinski definition) is 4. The van der Waals surface area contributed by atoms with E-state index in [0.717, 1.165) is 19.3 Å². The average molecular weight is 329 g/mol. The Bertz CT molecular complexity index is 815. The van der Waals surface area contributed by atoms with E-state index in [1.165, 1.54) is 0 Å². The number of rotatable bonds is 5. The number of likely N-dealkylation sites (tertiary alicyclic amines) is 1. The molecule has 2 heterocycles. The number of benzene rings is 1. The number of H-pyrrole nitrogens is 1. The summed E-state index contributed by atoms with van der Waals surface area (Å²) in [4.78, 5) is 33.3. The molecule has 0 bridgehead atoms. The van der Waals surface area contributed by atoms with Crippen molar-refractivity contribution in [2.75, 3.05) is 13.6 Å². The molecule has 1 aliphatic heterocycles. The molecule has 0 spiro atoms. The Morgan fingerprint density at radius 2 is 2.21 bits per heavy atom. The first-order valence-corrected chi connectivity index (χ1v) is 8.47. The minimum absolute atomic E-state index is 0.0513.